The van der Waals surface area contributed by atoms with Gasteiger partial charge in [0, 0.05) is 26.2 Å². The summed E-state index contributed by atoms with van der Waals surface area (Å²) in [5.74, 6) is 0.236. The molecular formula is C17H23N3O3. The Kier molecular flexibility index (Phi) is 4.81. The third-order valence-electron chi connectivity index (χ3n) is 4.72. The molecule has 0 aliphatic carbocycles. The second-order valence-electron chi connectivity index (χ2n) is 6.20. The number of hydrogen-bond acceptors (Lipinski definition) is 4. The number of carbonyl (C=O) groups is 2. The summed E-state index contributed by atoms with van der Waals surface area (Å²) in [5, 5.41) is 6.00. The summed E-state index contributed by atoms with van der Waals surface area (Å²) in [6, 6.07) is 9.53. The summed E-state index contributed by atoms with van der Waals surface area (Å²) in [4.78, 5) is 25.8. The van der Waals surface area contributed by atoms with Crippen LogP contribution in [0, 0.1) is 5.92 Å². The van der Waals surface area contributed by atoms with E-state index < -0.39 is 0 Å². The van der Waals surface area contributed by atoms with Crippen molar-refractivity contribution in [2.24, 2.45) is 5.92 Å². The van der Waals surface area contributed by atoms with Gasteiger partial charge >= 0.3 is 12.0 Å². The molecule has 23 heavy (non-hydrogen) atoms. The van der Waals surface area contributed by atoms with Gasteiger partial charge in [-0.3, -0.25) is 10.1 Å². The molecule has 0 saturated carbocycles. The number of fused-ring (bicyclic) bond motifs is 1. The lowest BCUT2D eigenvalue weighted by Crippen LogP contribution is -2.52. The molecule has 3 rings (SSSR count). The highest BCUT2D eigenvalue weighted by molar-refractivity contribution is 5.77. The van der Waals surface area contributed by atoms with E-state index in [0.29, 0.717) is 19.1 Å². The number of piperidine rings is 1. The molecular weight excluding hydrogens is 294 g/mol. The minimum absolute atomic E-state index is 0.0552. The van der Waals surface area contributed by atoms with Crippen LogP contribution in [-0.2, 0) is 16.1 Å². The number of likely N-dealkylation sites (tertiary alicyclic amines) is 1. The first-order valence-electron chi connectivity index (χ1n) is 8.10. The second kappa shape index (κ2) is 7.00. The molecule has 3 atom stereocenters. The zero-order valence-corrected chi connectivity index (χ0v) is 13.3. The lowest BCUT2D eigenvalue weighted by molar-refractivity contribution is -0.147. The Hall–Kier alpha value is -2.08. The molecule has 2 aliphatic heterocycles. The fraction of sp³-hybridized carbons (Fsp3) is 0.529. The van der Waals surface area contributed by atoms with Crippen LogP contribution >= 0.6 is 0 Å². The number of nitrogens with zero attached hydrogens (tertiary/aromatic N) is 1. The van der Waals surface area contributed by atoms with Crippen LogP contribution in [0.1, 0.15) is 18.4 Å². The highest BCUT2D eigenvalue weighted by Gasteiger charge is 2.41. The molecule has 1 aromatic carbocycles. The van der Waals surface area contributed by atoms with Crippen LogP contribution in [0.25, 0.3) is 0 Å². The van der Waals surface area contributed by atoms with Crippen LogP contribution in [0.2, 0.25) is 0 Å². The summed E-state index contributed by atoms with van der Waals surface area (Å²) in [6.07, 6.45) is 1.72. The number of esters is 1. The summed E-state index contributed by atoms with van der Waals surface area (Å²) in [5.41, 5.74) is 0.988. The van der Waals surface area contributed by atoms with Crippen molar-refractivity contribution >= 4 is 12.0 Å². The van der Waals surface area contributed by atoms with Gasteiger partial charge in [-0.05, 0) is 24.3 Å². The molecule has 1 aromatic rings. The number of rotatable bonds is 3. The summed E-state index contributed by atoms with van der Waals surface area (Å²) < 4.78 is 5.42. The van der Waals surface area contributed by atoms with Crippen molar-refractivity contribution < 1.29 is 14.3 Å². The van der Waals surface area contributed by atoms with Gasteiger partial charge in [-0.15, -0.1) is 0 Å². The molecule has 0 spiro atoms. The fourth-order valence-electron chi connectivity index (χ4n) is 3.44. The molecule has 2 aliphatic rings. The van der Waals surface area contributed by atoms with E-state index in [0.717, 1.165) is 24.9 Å². The minimum atomic E-state index is -0.265. The van der Waals surface area contributed by atoms with Crippen LogP contribution in [-0.4, -0.2) is 49.1 Å². The second-order valence-corrected chi connectivity index (χ2v) is 6.20. The molecule has 2 heterocycles. The number of nitrogens with one attached hydrogen (secondary N) is 2. The maximum absolute atomic E-state index is 12.3. The van der Waals surface area contributed by atoms with E-state index in [2.05, 4.69) is 10.6 Å². The van der Waals surface area contributed by atoms with E-state index in [4.69, 9.17) is 4.74 Å². The van der Waals surface area contributed by atoms with Gasteiger partial charge in [-0.2, -0.15) is 0 Å². The van der Waals surface area contributed by atoms with E-state index in [-0.39, 0.29) is 24.1 Å². The van der Waals surface area contributed by atoms with Crippen LogP contribution in [0.4, 0.5) is 4.79 Å². The summed E-state index contributed by atoms with van der Waals surface area (Å²) in [7, 11) is 1.64. The minimum Gasteiger partial charge on any atom is -0.460 e. The van der Waals surface area contributed by atoms with Crippen molar-refractivity contribution in [2.45, 2.75) is 31.5 Å². The van der Waals surface area contributed by atoms with Crippen LogP contribution in [0.15, 0.2) is 30.3 Å². The molecule has 2 amide bonds. The molecule has 0 bridgehead atoms. The zero-order valence-electron chi connectivity index (χ0n) is 13.3. The van der Waals surface area contributed by atoms with Gasteiger partial charge in [0.1, 0.15) is 12.6 Å². The van der Waals surface area contributed by atoms with Gasteiger partial charge < -0.3 is 15.0 Å². The molecule has 0 unspecified atom stereocenters. The Balaban J connectivity index is 1.51. The molecule has 2 N–H and O–H groups in total. The average molecular weight is 317 g/mol. The van der Waals surface area contributed by atoms with Crippen molar-refractivity contribution in [3.8, 4) is 0 Å². The molecule has 124 valence electrons. The monoisotopic (exact) mass is 317 g/mol. The van der Waals surface area contributed by atoms with Crippen LogP contribution in [0.5, 0.6) is 0 Å². The maximum Gasteiger partial charge on any atom is 0.323 e. The van der Waals surface area contributed by atoms with E-state index in [9.17, 15) is 9.59 Å². The fourth-order valence-corrected chi connectivity index (χ4v) is 3.44. The first kappa shape index (κ1) is 15.8. The normalized spacial score (nSPS) is 26.5. The maximum atomic E-state index is 12.3. The van der Waals surface area contributed by atoms with Gasteiger partial charge in [-0.1, -0.05) is 30.3 Å². The Morgan fingerprint density at radius 3 is 2.87 bits per heavy atom. The van der Waals surface area contributed by atoms with Crippen molar-refractivity contribution in [3.05, 3.63) is 35.9 Å². The van der Waals surface area contributed by atoms with Gasteiger partial charge in [0.15, 0.2) is 0 Å². The largest absolute Gasteiger partial charge is 0.460 e. The third-order valence-corrected chi connectivity index (χ3v) is 4.72. The van der Waals surface area contributed by atoms with Gasteiger partial charge in [0.2, 0.25) is 0 Å². The molecule has 0 radical (unpaired) electrons. The highest BCUT2D eigenvalue weighted by atomic mass is 16.5. The molecule has 6 nitrogen and oxygen atoms in total. The molecule has 6 heteroatoms. The average Bonchev–Trinajstić information content (AvgIpc) is 3.03. The number of hydrogen-bond donors (Lipinski definition) is 2. The lowest BCUT2D eigenvalue weighted by atomic mass is 9.91. The van der Waals surface area contributed by atoms with Gasteiger partial charge in [0.25, 0.3) is 0 Å². The predicted octanol–water partition coefficient (Wildman–Crippen LogP) is 1.12. The first-order valence-corrected chi connectivity index (χ1v) is 8.10. The Labute approximate surface area is 136 Å². The Morgan fingerprint density at radius 2 is 2.13 bits per heavy atom. The summed E-state index contributed by atoms with van der Waals surface area (Å²) >= 11 is 0. The molecule has 2 fully saturated rings. The van der Waals surface area contributed by atoms with Crippen molar-refractivity contribution in [1.29, 1.82) is 0 Å². The number of carbonyl (C=O) groups excluding carboxylic acids is 2. The number of ether oxygens (including phenoxy) is 1. The third kappa shape index (κ3) is 3.64. The Bertz CT molecular complexity index is 563. The summed E-state index contributed by atoms with van der Waals surface area (Å²) in [6.45, 7) is 1.69. The lowest BCUT2D eigenvalue weighted by Gasteiger charge is -2.34. The predicted molar refractivity (Wildman–Crippen MR) is 85.7 cm³/mol. The number of urea groups is 1. The van der Waals surface area contributed by atoms with Gasteiger partial charge in [-0.25, -0.2) is 4.79 Å². The van der Waals surface area contributed by atoms with E-state index >= 15 is 0 Å². The van der Waals surface area contributed by atoms with Crippen LogP contribution < -0.4 is 10.6 Å². The quantitative estimate of drug-likeness (QED) is 0.820. The smallest absolute Gasteiger partial charge is 0.323 e. The number of benzene rings is 1. The Morgan fingerprint density at radius 1 is 1.35 bits per heavy atom. The van der Waals surface area contributed by atoms with Crippen LogP contribution in [0.3, 0.4) is 0 Å². The highest BCUT2D eigenvalue weighted by Crippen LogP contribution is 2.29. The molecule has 0 aromatic heterocycles. The topological polar surface area (TPSA) is 70.7 Å². The molecule has 2 saturated heterocycles. The van der Waals surface area contributed by atoms with E-state index in [1.54, 1.807) is 11.9 Å². The van der Waals surface area contributed by atoms with Crippen molar-refractivity contribution in [2.75, 3.05) is 20.1 Å². The first-order chi connectivity index (χ1) is 11.2. The SMILES string of the molecule is CNC(=O)N1CC[C@H]2C[C@@H](C(=O)OCc3ccccc3)N[C@H]2C1. The van der Waals surface area contributed by atoms with Crippen molar-refractivity contribution in [1.82, 2.24) is 15.5 Å². The standard InChI is InChI=1S/C17H23N3O3/c1-18-17(22)20-8-7-13-9-14(19-15(13)10-20)16(21)23-11-12-5-3-2-4-6-12/h2-6,13-15,19H,7-11H2,1H3,(H,18,22)/t13-,14-,15-/m0/s1. The van der Waals surface area contributed by atoms with E-state index in [1.165, 1.54) is 0 Å². The van der Waals surface area contributed by atoms with Gasteiger partial charge in [0.05, 0.1) is 0 Å². The van der Waals surface area contributed by atoms with E-state index in [1.807, 2.05) is 30.3 Å². The number of amides is 2. The van der Waals surface area contributed by atoms with Crippen molar-refractivity contribution in [3.63, 3.8) is 0 Å². The zero-order chi connectivity index (χ0) is 16.2.